The Balaban J connectivity index is 0. The Morgan fingerprint density at radius 1 is 1.20 bits per heavy atom. The fourth-order valence-corrected chi connectivity index (χ4v) is 1.32. The van der Waals surface area contributed by atoms with Crippen LogP contribution in [0.3, 0.4) is 0 Å². The van der Waals surface area contributed by atoms with Crippen molar-refractivity contribution in [2.45, 2.75) is 39.1 Å². The van der Waals surface area contributed by atoms with E-state index < -0.39 is 0 Å². The minimum atomic E-state index is 0. The molecule has 0 fully saturated rings. The van der Waals surface area contributed by atoms with Crippen LogP contribution in [-0.4, -0.2) is 21.7 Å². The summed E-state index contributed by atoms with van der Waals surface area (Å²) in [6.45, 7) is 8.65. The van der Waals surface area contributed by atoms with Crippen molar-refractivity contribution >= 4 is 28.0 Å². The number of hydrogen-bond donors (Lipinski definition) is 0. The molecule has 0 atom stereocenters. The third-order valence-electron chi connectivity index (χ3n) is 0.936. The Hall–Kier alpha value is 0.782. The topological polar surface area (TPSA) is 9.23 Å². The van der Waals surface area contributed by atoms with Gasteiger partial charge >= 0.3 is 15.6 Å². The standard InChI is InChI=1S/C4H9.C3H7O.Al.ClH/c1-4(2)3;1-3(2)4;;/h4H,1H2,2-3H3;3H,1-2H3;;1H/q;-1;+1;. The largest absolute Gasteiger partial charge is 0.505 e. The van der Waals surface area contributed by atoms with Crippen LogP contribution in [0.4, 0.5) is 0 Å². The molecule has 0 aliphatic heterocycles. The summed E-state index contributed by atoms with van der Waals surface area (Å²) >= 11 is 0.255. The van der Waals surface area contributed by atoms with Gasteiger partial charge in [0.25, 0.3) is 0 Å². The van der Waals surface area contributed by atoms with Crippen molar-refractivity contribution in [1.82, 2.24) is 0 Å². The lowest BCUT2D eigenvalue weighted by Gasteiger charge is -2.07. The molecule has 0 amide bonds. The van der Waals surface area contributed by atoms with Crippen LogP contribution in [0.15, 0.2) is 0 Å². The number of halogens is 1. The zero-order valence-corrected chi connectivity index (χ0v) is 9.23. The van der Waals surface area contributed by atoms with Crippen LogP contribution in [0, 0.1) is 5.92 Å². The molecule has 0 saturated heterocycles. The molecule has 1 radical (unpaired) electrons. The smallest absolute Gasteiger partial charge is 0.423 e. The molecule has 10 heavy (non-hydrogen) atoms. The first-order chi connectivity index (χ1) is 4.13. The molecule has 0 N–H and O–H groups in total. The first-order valence-electron chi connectivity index (χ1n) is 3.60. The molecule has 0 aromatic heterocycles. The van der Waals surface area contributed by atoms with Crippen molar-refractivity contribution < 1.29 is 3.79 Å². The van der Waals surface area contributed by atoms with Crippen LogP contribution in [0.25, 0.3) is 0 Å². The minimum Gasteiger partial charge on any atom is -0.505 e. The van der Waals surface area contributed by atoms with E-state index in [1.165, 1.54) is 5.28 Å². The van der Waals surface area contributed by atoms with Crippen LogP contribution < -0.4 is 0 Å². The summed E-state index contributed by atoms with van der Waals surface area (Å²) in [5, 5.41) is 1.26. The number of hydrogen-bond acceptors (Lipinski definition) is 1. The van der Waals surface area contributed by atoms with Gasteiger partial charge in [-0.05, 0) is 13.8 Å². The molecule has 0 unspecified atom stereocenters. The third kappa shape index (κ3) is 11.6. The fraction of sp³-hybridized carbons (Fsp3) is 1.00. The van der Waals surface area contributed by atoms with Gasteiger partial charge in [0.1, 0.15) is 0 Å². The highest BCUT2D eigenvalue weighted by Gasteiger charge is 1.99. The van der Waals surface area contributed by atoms with Crippen LogP contribution in [0.5, 0.6) is 0 Å². The lowest BCUT2D eigenvalue weighted by atomic mass is 10.3. The van der Waals surface area contributed by atoms with Crippen LogP contribution >= 0.6 is 12.4 Å². The summed E-state index contributed by atoms with van der Waals surface area (Å²) in [6, 6.07) is 0. The van der Waals surface area contributed by atoms with Gasteiger partial charge in [-0.15, -0.1) is 12.4 Å². The zero-order chi connectivity index (χ0) is 7.28. The molecule has 0 aromatic rings. The monoisotopic (exact) mass is 179 g/mol. The lowest BCUT2D eigenvalue weighted by Crippen LogP contribution is -2.08. The van der Waals surface area contributed by atoms with Crippen LogP contribution in [0.2, 0.25) is 5.28 Å². The number of rotatable bonds is 4. The first-order valence-corrected chi connectivity index (χ1v) is 4.89. The van der Waals surface area contributed by atoms with Gasteiger partial charge in [-0.3, -0.25) is 0 Å². The van der Waals surface area contributed by atoms with E-state index in [1.54, 1.807) is 0 Å². The Morgan fingerprint density at radius 3 is 2.00 bits per heavy atom. The van der Waals surface area contributed by atoms with Gasteiger partial charge in [0.05, 0.1) is 0 Å². The normalized spacial score (nSPS) is 9.80. The van der Waals surface area contributed by atoms with Crippen molar-refractivity contribution in [1.29, 1.82) is 0 Å². The highest BCUT2D eigenvalue weighted by Crippen LogP contribution is 1.99. The van der Waals surface area contributed by atoms with Gasteiger partial charge in [-0.2, -0.15) is 0 Å². The first kappa shape index (κ1) is 13.4. The second-order valence-electron chi connectivity index (χ2n) is 2.98. The summed E-state index contributed by atoms with van der Waals surface area (Å²) in [6.07, 6.45) is 0.429. The summed E-state index contributed by atoms with van der Waals surface area (Å²) in [5.41, 5.74) is 0. The summed E-state index contributed by atoms with van der Waals surface area (Å²) in [4.78, 5) is 0. The van der Waals surface area contributed by atoms with Gasteiger partial charge in [0.2, 0.25) is 0 Å². The second kappa shape index (κ2) is 7.88. The molecule has 3 heteroatoms. The average molecular weight is 180 g/mol. The molecule has 0 rings (SSSR count). The summed E-state index contributed by atoms with van der Waals surface area (Å²) in [5.74, 6) is 0.804. The van der Waals surface area contributed by atoms with Crippen molar-refractivity contribution in [3.63, 3.8) is 0 Å². The predicted octanol–water partition coefficient (Wildman–Crippen LogP) is 2.53. The molecule has 61 valence electrons. The highest BCUT2D eigenvalue weighted by atomic mass is 35.5. The molecule has 0 aromatic carbocycles. The van der Waals surface area contributed by atoms with Gasteiger partial charge in [-0.1, -0.05) is 25.0 Å². The zero-order valence-electron chi connectivity index (χ0n) is 7.26. The Morgan fingerprint density at radius 2 is 1.70 bits per heavy atom. The molecule has 0 aliphatic carbocycles. The van der Waals surface area contributed by atoms with Crippen LogP contribution in [-0.2, 0) is 3.79 Å². The maximum atomic E-state index is 5.44. The van der Waals surface area contributed by atoms with E-state index in [2.05, 4.69) is 27.7 Å². The maximum absolute atomic E-state index is 5.44. The average Bonchev–Trinajstić information content (AvgIpc) is 1.63. The highest BCUT2D eigenvalue weighted by molar-refractivity contribution is 6.27. The molecular weight excluding hydrogens is 163 g/mol. The Kier molecular flexibility index (Phi) is 10.5. The lowest BCUT2D eigenvalue weighted by molar-refractivity contribution is 0.253. The van der Waals surface area contributed by atoms with Gasteiger partial charge in [0.15, 0.2) is 0 Å². The summed E-state index contributed by atoms with van der Waals surface area (Å²) in [7, 11) is 0. The molecule has 0 bridgehead atoms. The van der Waals surface area contributed by atoms with Crippen molar-refractivity contribution in [2.24, 2.45) is 5.92 Å². The van der Waals surface area contributed by atoms with Crippen molar-refractivity contribution in [3.8, 4) is 0 Å². The van der Waals surface area contributed by atoms with Crippen LogP contribution in [0.1, 0.15) is 27.7 Å². The van der Waals surface area contributed by atoms with E-state index in [9.17, 15) is 0 Å². The molecular formula is C7H17AlClO. The Bertz CT molecular complexity index is 58.6. The molecule has 0 saturated carbocycles. The molecule has 0 aliphatic rings. The Labute approximate surface area is 77.0 Å². The van der Waals surface area contributed by atoms with E-state index in [-0.39, 0.29) is 28.0 Å². The van der Waals surface area contributed by atoms with E-state index >= 15 is 0 Å². The van der Waals surface area contributed by atoms with E-state index in [0.29, 0.717) is 6.10 Å². The molecule has 0 heterocycles. The third-order valence-corrected chi connectivity index (χ3v) is 2.81. The van der Waals surface area contributed by atoms with Crippen molar-refractivity contribution in [2.75, 3.05) is 0 Å². The molecule has 1 nitrogen and oxygen atoms in total. The maximum Gasteiger partial charge on any atom is 0.423 e. The van der Waals surface area contributed by atoms with Gasteiger partial charge in [0, 0.05) is 6.10 Å². The van der Waals surface area contributed by atoms with E-state index in [1.807, 2.05) is 0 Å². The van der Waals surface area contributed by atoms with Crippen molar-refractivity contribution in [3.05, 3.63) is 0 Å². The second-order valence-corrected chi connectivity index (χ2v) is 4.06. The van der Waals surface area contributed by atoms with E-state index in [0.717, 1.165) is 5.92 Å². The summed E-state index contributed by atoms with van der Waals surface area (Å²) < 4.78 is 5.44. The predicted molar refractivity (Wildman–Crippen MR) is 48.9 cm³/mol. The fourth-order valence-electron chi connectivity index (χ4n) is 0.440. The quantitative estimate of drug-likeness (QED) is 0.603. The molecule has 0 spiro atoms. The van der Waals surface area contributed by atoms with Gasteiger partial charge < -0.3 is 3.79 Å². The van der Waals surface area contributed by atoms with E-state index in [4.69, 9.17) is 3.79 Å². The van der Waals surface area contributed by atoms with Gasteiger partial charge in [-0.25, -0.2) is 0 Å². The minimum absolute atomic E-state index is 0. The SMILES string of the molecule is CC(C)[CH2][Al][O]C(C)C.Cl.